The van der Waals surface area contributed by atoms with E-state index in [1.165, 1.54) is 70.6 Å². The summed E-state index contributed by atoms with van der Waals surface area (Å²) < 4.78 is 0.419. The highest BCUT2D eigenvalue weighted by molar-refractivity contribution is 5.66. The van der Waals surface area contributed by atoms with Gasteiger partial charge in [0.2, 0.25) is 0 Å². The van der Waals surface area contributed by atoms with Crippen LogP contribution in [0.2, 0.25) is 0 Å². The highest BCUT2D eigenvalue weighted by Crippen LogP contribution is 2.12. The Morgan fingerprint density at radius 1 is 0.731 bits per heavy atom. The summed E-state index contributed by atoms with van der Waals surface area (Å²) in [5.74, 6) is -1.66. The molecule has 156 valence electrons. The Hall–Kier alpha value is -1.10. The van der Waals surface area contributed by atoms with Crippen LogP contribution in [0.5, 0.6) is 0 Å². The second kappa shape index (κ2) is 18.7. The number of rotatable bonds is 16. The Bertz CT molecular complexity index is 337. The molecule has 26 heavy (non-hydrogen) atoms. The fraction of sp³-hybridized carbons (Fsp3) is 0.905. The number of likely N-dealkylation sites (N-methyl/N-ethyl adjacent to an activating group) is 1. The number of carbonyl (C=O) groups is 2. The number of hydrogen-bond donors (Lipinski definition) is 1. The minimum absolute atomic E-state index is 0.0694. The fourth-order valence-electron chi connectivity index (χ4n) is 2.68. The second-order valence-corrected chi connectivity index (χ2v) is 8.21. The van der Waals surface area contributed by atoms with Gasteiger partial charge in [-0.1, -0.05) is 84.0 Å². The fourth-order valence-corrected chi connectivity index (χ4v) is 2.68. The maximum absolute atomic E-state index is 10.3. The van der Waals surface area contributed by atoms with Gasteiger partial charge in [-0.15, -0.1) is 0 Å². The normalized spacial score (nSPS) is 10.9. The Morgan fingerprint density at radius 3 is 1.31 bits per heavy atom. The molecule has 0 aromatic carbocycles. The van der Waals surface area contributed by atoms with Gasteiger partial charge in [0.1, 0.15) is 6.54 Å². The van der Waals surface area contributed by atoms with E-state index in [2.05, 4.69) is 6.92 Å². The van der Waals surface area contributed by atoms with Gasteiger partial charge in [-0.05, 0) is 6.42 Å². The largest absolute Gasteiger partial charge is 0.544 e. The topological polar surface area (TPSA) is 77.4 Å². The number of carbonyl (C=O) groups excluding carboxylic acids is 1. The monoisotopic (exact) mass is 373 g/mol. The number of nitrogens with zero attached hydrogens (tertiary/aromatic N) is 1. The summed E-state index contributed by atoms with van der Waals surface area (Å²) in [4.78, 5) is 20.2. The first-order valence-electron chi connectivity index (χ1n) is 10.4. The Kier molecular flexibility index (Phi) is 19.5. The van der Waals surface area contributed by atoms with Crippen LogP contribution in [-0.2, 0) is 9.59 Å². The van der Waals surface area contributed by atoms with Crippen LogP contribution in [0.3, 0.4) is 0 Å². The van der Waals surface area contributed by atoms with Gasteiger partial charge in [0, 0.05) is 6.42 Å². The van der Waals surface area contributed by atoms with Crippen molar-refractivity contribution in [3.8, 4) is 0 Å². The lowest BCUT2D eigenvalue weighted by atomic mass is 10.0. The Balaban J connectivity index is 0. The van der Waals surface area contributed by atoms with Crippen molar-refractivity contribution in [1.82, 2.24) is 0 Å². The summed E-state index contributed by atoms with van der Waals surface area (Å²) in [5, 5.41) is 18.4. The molecule has 0 aliphatic heterocycles. The number of hydrogen-bond acceptors (Lipinski definition) is 3. The molecule has 0 aliphatic carbocycles. The molecule has 0 aromatic heterocycles. The third kappa shape index (κ3) is 30.7. The third-order valence-corrected chi connectivity index (χ3v) is 4.10. The highest BCUT2D eigenvalue weighted by atomic mass is 16.4. The average molecular weight is 374 g/mol. The molecule has 0 unspecified atom stereocenters. The SMILES string of the molecule is CCCCCCCCCCCCCCCC(=O)O.C[N+](C)(C)CC(=O)[O-]. The lowest BCUT2D eigenvalue weighted by Gasteiger charge is -2.23. The minimum atomic E-state index is -1.00. The number of unbranched alkanes of at least 4 members (excludes halogenated alkanes) is 12. The quantitative estimate of drug-likeness (QED) is 0.328. The van der Waals surface area contributed by atoms with Gasteiger partial charge in [-0.25, -0.2) is 0 Å². The Morgan fingerprint density at radius 2 is 1.08 bits per heavy atom. The van der Waals surface area contributed by atoms with Crippen molar-refractivity contribution in [2.45, 2.75) is 96.8 Å². The zero-order valence-electron chi connectivity index (χ0n) is 17.7. The summed E-state index contributed by atoms with van der Waals surface area (Å²) in [6, 6.07) is 0. The molecule has 0 radical (unpaired) electrons. The van der Waals surface area contributed by atoms with Crippen LogP contribution in [0, 0.1) is 0 Å². The first-order valence-corrected chi connectivity index (χ1v) is 10.4. The number of carboxylic acid groups (broad SMARTS) is 2. The van der Waals surface area contributed by atoms with Crippen molar-refractivity contribution in [2.75, 3.05) is 27.7 Å². The van der Waals surface area contributed by atoms with Gasteiger partial charge in [0.25, 0.3) is 0 Å². The second-order valence-electron chi connectivity index (χ2n) is 8.21. The van der Waals surface area contributed by atoms with Gasteiger partial charge in [-0.2, -0.15) is 0 Å². The smallest absolute Gasteiger partial charge is 0.303 e. The molecule has 0 saturated carbocycles. The zero-order chi connectivity index (χ0) is 20.3. The molecule has 0 bridgehead atoms. The van der Waals surface area contributed by atoms with Crippen molar-refractivity contribution in [3.63, 3.8) is 0 Å². The van der Waals surface area contributed by atoms with E-state index in [0.717, 1.165) is 12.8 Å². The van der Waals surface area contributed by atoms with Gasteiger partial charge in [0.05, 0.1) is 27.1 Å². The van der Waals surface area contributed by atoms with Crippen molar-refractivity contribution in [1.29, 1.82) is 0 Å². The van der Waals surface area contributed by atoms with E-state index < -0.39 is 11.9 Å². The van der Waals surface area contributed by atoms with Crippen LogP contribution in [0.15, 0.2) is 0 Å². The molecule has 0 spiro atoms. The molecule has 5 nitrogen and oxygen atoms in total. The Labute approximate surface area is 161 Å². The summed E-state index contributed by atoms with van der Waals surface area (Å²) in [5.41, 5.74) is 0. The lowest BCUT2D eigenvalue weighted by Crippen LogP contribution is -2.45. The summed E-state index contributed by atoms with van der Waals surface area (Å²) in [6.07, 6.45) is 17.3. The maximum Gasteiger partial charge on any atom is 0.303 e. The molecule has 1 N–H and O–H groups in total. The van der Waals surface area contributed by atoms with Crippen LogP contribution in [0.25, 0.3) is 0 Å². The first kappa shape index (κ1) is 27.1. The van der Waals surface area contributed by atoms with Gasteiger partial charge < -0.3 is 19.5 Å². The summed E-state index contributed by atoms with van der Waals surface area (Å²) in [7, 11) is 5.40. The van der Waals surface area contributed by atoms with E-state index in [9.17, 15) is 14.7 Å². The molecule has 0 fully saturated rings. The minimum Gasteiger partial charge on any atom is -0.544 e. The van der Waals surface area contributed by atoms with Crippen LogP contribution in [-0.4, -0.2) is 49.2 Å². The highest BCUT2D eigenvalue weighted by Gasteiger charge is 2.04. The van der Waals surface area contributed by atoms with E-state index in [1.807, 2.05) is 0 Å². The molecule has 0 aromatic rings. The van der Waals surface area contributed by atoms with E-state index in [1.54, 1.807) is 21.1 Å². The van der Waals surface area contributed by atoms with Gasteiger partial charge >= 0.3 is 5.97 Å². The van der Waals surface area contributed by atoms with Crippen LogP contribution < -0.4 is 5.11 Å². The van der Waals surface area contributed by atoms with Crippen LogP contribution in [0.1, 0.15) is 96.8 Å². The van der Waals surface area contributed by atoms with E-state index in [4.69, 9.17) is 5.11 Å². The molecular weight excluding hydrogens is 330 g/mol. The lowest BCUT2D eigenvalue weighted by molar-refractivity contribution is -0.864. The van der Waals surface area contributed by atoms with Crippen LogP contribution >= 0.6 is 0 Å². The molecule has 5 heteroatoms. The number of carboxylic acids is 2. The zero-order valence-corrected chi connectivity index (χ0v) is 17.7. The molecule has 0 heterocycles. The van der Waals surface area contributed by atoms with Crippen molar-refractivity contribution in [2.24, 2.45) is 0 Å². The van der Waals surface area contributed by atoms with Crippen molar-refractivity contribution in [3.05, 3.63) is 0 Å². The molecule has 0 atom stereocenters. The van der Waals surface area contributed by atoms with Gasteiger partial charge in [0.15, 0.2) is 0 Å². The summed E-state index contributed by atoms with van der Waals surface area (Å²) in [6.45, 7) is 2.33. The van der Waals surface area contributed by atoms with E-state index in [0.29, 0.717) is 10.9 Å². The summed E-state index contributed by atoms with van der Waals surface area (Å²) >= 11 is 0. The number of quaternary nitrogens is 1. The standard InChI is InChI=1S/C16H32O2.C5H11NO2/c1-2-3-4-5-6-7-8-9-10-11-12-13-14-15-16(17)18;1-6(2,3)4-5(7)8/h2-15H2,1H3,(H,17,18);4H2,1-3H3. The molecule has 0 rings (SSSR count). The average Bonchev–Trinajstić information content (AvgIpc) is 2.49. The van der Waals surface area contributed by atoms with E-state index in [-0.39, 0.29) is 6.54 Å². The molecule has 0 saturated heterocycles. The molecule has 0 amide bonds. The third-order valence-electron chi connectivity index (χ3n) is 4.10. The molecular formula is C21H43NO4. The first-order chi connectivity index (χ1) is 12.2. The van der Waals surface area contributed by atoms with Gasteiger partial charge in [-0.3, -0.25) is 4.79 Å². The predicted molar refractivity (Wildman–Crippen MR) is 106 cm³/mol. The van der Waals surface area contributed by atoms with Crippen molar-refractivity contribution < 1.29 is 24.3 Å². The predicted octanol–water partition coefficient (Wildman–Crippen LogP) is 3.99. The maximum atomic E-state index is 10.3. The van der Waals surface area contributed by atoms with Crippen LogP contribution in [0.4, 0.5) is 0 Å². The van der Waals surface area contributed by atoms with Crippen molar-refractivity contribution >= 4 is 11.9 Å². The number of aliphatic carboxylic acids is 2. The van der Waals surface area contributed by atoms with E-state index >= 15 is 0 Å². The molecule has 0 aliphatic rings.